The summed E-state index contributed by atoms with van der Waals surface area (Å²) in [6.45, 7) is 6.26. The molecular weight excluding hydrogens is 252 g/mol. The molecule has 0 aromatic heterocycles. The Labute approximate surface area is 121 Å². The zero-order chi connectivity index (χ0) is 14.1. The minimum Gasteiger partial charge on any atom is -0.380 e. The Balaban J connectivity index is 1.53. The molecule has 2 heterocycles. The standard InChI is InChI=1S/C16H26N2O2/c1-15(12-20-13-15)10-17-14(19)18-9-5-8-16(11-18)6-3-2-4-7-16/h2-3H,4-13H2,1H3,(H,17,19). The van der Waals surface area contributed by atoms with Gasteiger partial charge in [-0.15, -0.1) is 0 Å². The van der Waals surface area contributed by atoms with Gasteiger partial charge in [-0.05, 0) is 37.5 Å². The van der Waals surface area contributed by atoms with Crippen molar-refractivity contribution in [2.45, 2.75) is 39.0 Å². The lowest BCUT2D eigenvalue weighted by Crippen LogP contribution is -2.54. The summed E-state index contributed by atoms with van der Waals surface area (Å²) in [5, 5.41) is 3.11. The van der Waals surface area contributed by atoms with Gasteiger partial charge in [-0.25, -0.2) is 4.79 Å². The molecule has 0 saturated carbocycles. The number of allylic oxidation sites excluding steroid dienone is 2. The Morgan fingerprint density at radius 3 is 2.85 bits per heavy atom. The van der Waals surface area contributed by atoms with Gasteiger partial charge in [0.05, 0.1) is 13.2 Å². The van der Waals surface area contributed by atoms with E-state index in [2.05, 4.69) is 24.4 Å². The topological polar surface area (TPSA) is 41.6 Å². The summed E-state index contributed by atoms with van der Waals surface area (Å²) in [4.78, 5) is 14.4. The van der Waals surface area contributed by atoms with E-state index < -0.39 is 0 Å². The van der Waals surface area contributed by atoms with Crippen LogP contribution >= 0.6 is 0 Å². The molecule has 3 aliphatic rings. The van der Waals surface area contributed by atoms with E-state index in [-0.39, 0.29) is 11.4 Å². The number of ether oxygens (including phenoxy) is 1. The van der Waals surface area contributed by atoms with Crippen LogP contribution in [0.5, 0.6) is 0 Å². The van der Waals surface area contributed by atoms with E-state index in [4.69, 9.17) is 4.74 Å². The largest absolute Gasteiger partial charge is 0.380 e. The summed E-state index contributed by atoms with van der Waals surface area (Å²) < 4.78 is 5.23. The zero-order valence-corrected chi connectivity index (χ0v) is 12.5. The third kappa shape index (κ3) is 2.85. The molecule has 20 heavy (non-hydrogen) atoms. The lowest BCUT2D eigenvalue weighted by Gasteiger charge is -2.44. The third-order valence-electron chi connectivity index (χ3n) is 5.07. The average Bonchev–Trinajstić information content (AvgIpc) is 2.43. The number of hydrogen-bond acceptors (Lipinski definition) is 2. The number of hydrogen-bond donors (Lipinski definition) is 1. The molecule has 3 rings (SSSR count). The Kier molecular flexibility index (Phi) is 3.76. The van der Waals surface area contributed by atoms with Crippen molar-refractivity contribution in [2.24, 2.45) is 10.8 Å². The fourth-order valence-corrected chi connectivity index (χ4v) is 3.65. The van der Waals surface area contributed by atoms with Crippen molar-refractivity contribution < 1.29 is 9.53 Å². The number of nitrogens with zero attached hydrogens (tertiary/aromatic N) is 1. The van der Waals surface area contributed by atoms with Crippen molar-refractivity contribution in [2.75, 3.05) is 32.8 Å². The SMILES string of the molecule is CC1(CNC(=O)N2CCCC3(CC=CCC3)C2)COC1. The Morgan fingerprint density at radius 1 is 1.35 bits per heavy atom. The van der Waals surface area contributed by atoms with Crippen LogP contribution in [0.1, 0.15) is 39.0 Å². The Hall–Kier alpha value is -1.03. The number of rotatable bonds is 2. The van der Waals surface area contributed by atoms with Gasteiger partial charge in [0.1, 0.15) is 0 Å². The molecular formula is C16H26N2O2. The number of piperidine rings is 1. The number of amides is 2. The molecule has 1 unspecified atom stereocenters. The van der Waals surface area contributed by atoms with Gasteiger partial charge in [-0.2, -0.15) is 0 Å². The monoisotopic (exact) mass is 278 g/mol. The second kappa shape index (κ2) is 5.40. The smallest absolute Gasteiger partial charge is 0.317 e. The van der Waals surface area contributed by atoms with Crippen LogP contribution < -0.4 is 5.32 Å². The van der Waals surface area contributed by atoms with E-state index >= 15 is 0 Å². The van der Waals surface area contributed by atoms with E-state index in [0.29, 0.717) is 5.41 Å². The van der Waals surface area contributed by atoms with Crippen LogP contribution in [0.15, 0.2) is 12.2 Å². The molecule has 0 aromatic carbocycles. The maximum Gasteiger partial charge on any atom is 0.317 e. The van der Waals surface area contributed by atoms with Crippen molar-refractivity contribution in [3.8, 4) is 0 Å². The maximum atomic E-state index is 12.4. The zero-order valence-electron chi connectivity index (χ0n) is 12.5. The molecule has 0 bridgehead atoms. The molecule has 1 N–H and O–H groups in total. The van der Waals surface area contributed by atoms with Gasteiger partial charge in [0.2, 0.25) is 0 Å². The first-order chi connectivity index (χ1) is 9.61. The fraction of sp³-hybridized carbons (Fsp3) is 0.812. The number of nitrogens with one attached hydrogen (secondary N) is 1. The van der Waals surface area contributed by atoms with E-state index in [1.807, 2.05) is 4.90 Å². The van der Waals surface area contributed by atoms with Crippen LogP contribution in [-0.4, -0.2) is 43.8 Å². The first-order valence-corrected chi connectivity index (χ1v) is 7.87. The molecule has 0 radical (unpaired) electrons. The van der Waals surface area contributed by atoms with E-state index in [0.717, 1.165) is 45.7 Å². The first kappa shape index (κ1) is 13.9. The highest BCUT2D eigenvalue weighted by molar-refractivity contribution is 5.74. The molecule has 2 fully saturated rings. The van der Waals surface area contributed by atoms with Crippen LogP contribution in [0.2, 0.25) is 0 Å². The van der Waals surface area contributed by atoms with Gasteiger partial charge >= 0.3 is 6.03 Å². The second-order valence-corrected chi connectivity index (χ2v) is 7.20. The Morgan fingerprint density at radius 2 is 2.20 bits per heavy atom. The second-order valence-electron chi connectivity index (χ2n) is 7.20. The number of carbonyl (C=O) groups excluding carboxylic acids is 1. The predicted molar refractivity (Wildman–Crippen MR) is 78.6 cm³/mol. The summed E-state index contributed by atoms with van der Waals surface area (Å²) in [5.74, 6) is 0. The van der Waals surface area contributed by atoms with Crippen LogP contribution in [0, 0.1) is 10.8 Å². The molecule has 1 aliphatic carbocycles. The normalized spacial score (nSPS) is 31.9. The van der Waals surface area contributed by atoms with Crippen LogP contribution in [0.4, 0.5) is 4.79 Å². The van der Waals surface area contributed by atoms with Crippen LogP contribution in [0.25, 0.3) is 0 Å². The van der Waals surface area contributed by atoms with Gasteiger partial charge in [0.25, 0.3) is 0 Å². The number of carbonyl (C=O) groups is 1. The molecule has 112 valence electrons. The van der Waals surface area contributed by atoms with E-state index in [1.165, 1.54) is 19.3 Å². The van der Waals surface area contributed by atoms with Crippen molar-refractivity contribution in [1.29, 1.82) is 0 Å². The molecule has 1 atom stereocenters. The quantitative estimate of drug-likeness (QED) is 0.789. The molecule has 2 aliphatic heterocycles. The van der Waals surface area contributed by atoms with Crippen molar-refractivity contribution in [3.63, 3.8) is 0 Å². The molecule has 4 nitrogen and oxygen atoms in total. The molecule has 0 aromatic rings. The fourth-order valence-electron chi connectivity index (χ4n) is 3.65. The summed E-state index contributed by atoms with van der Waals surface area (Å²) >= 11 is 0. The highest BCUT2D eigenvalue weighted by atomic mass is 16.5. The summed E-state index contributed by atoms with van der Waals surface area (Å²) in [7, 11) is 0. The molecule has 2 saturated heterocycles. The lowest BCUT2D eigenvalue weighted by molar-refractivity contribution is -0.0980. The van der Waals surface area contributed by atoms with Gasteiger partial charge in [0.15, 0.2) is 0 Å². The number of likely N-dealkylation sites (tertiary alicyclic amines) is 1. The molecule has 4 heteroatoms. The predicted octanol–water partition coefficient (Wildman–Crippen LogP) is 2.55. The van der Waals surface area contributed by atoms with Crippen molar-refractivity contribution >= 4 is 6.03 Å². The summed E-state index contributed by atoms with van der Waals surface area (Å²) in [5.41, 5.74) is 0.504. The van der Waals surface area contributed by atoms with E-state index in [9.17, 15) is 4.79 Å². The van der Waals surface area contributed by atoms with Gasteiger partial charge < -0.3 is 15.0 Å². The van der Waals surface area contributed by atoms with Crippen molar-refractivity contribution in [1.82, 2.24) is 10.2 Å². The highest BCUT2D eigenvalue weighted by Crippen LogP contribution is 2.40. The van der Waals surface area contributed by atoms with Crippen LogP contribution in [-0.2, 0) is 4.74 Å². The van der Waals surface area contributed by atoms with Gasteiger partial charge in [-0.1, -0.05) is 19.1 Å². The summed E-state index contributed by atoms with van der Waals surface area (Å²) in [6, 6.07) is 0.117. The first-order valence-electron chi connectivity index (χ1n) is 7.87. The molecule has 2 amide bonds. The van der Waals surface area contributed by atoms with Gasteiger partial charge in [0, 0.05) is 25.0 Å². The Bertz CT molecular complexity index is 403. The maximum absolute atomic E-state index is 12.4. The third-order valence-corrected chi connectivity index (χ3v) is 5.07. The summed E-state index contributed by atoms with van der Waals surface area (Å²) in [6.07, 6.45) is 10.5. The lowest BCUT2D eigenvalue weighted by atomic mass is 9.71. The van der Waals surface area contributed by atoms with Crippen molar-refractivity contribution in [3.05, 3.63) is 12.2 Å². The number of urea groups is 1. The minimum absolute atomic E-state index is 0.117. The van der Waals surface area contributed by atoms with Crippen LogP contribution in [0.3, 0.4) is 0 Å². The average molecular weight is 278 g/mol. The highest BCUT2D eigenvalue weighted by Gasteiger charge is 2.38. The molecule has 1 spiro atoms. The minimum atomic E-state index is 0.117. The van der Waals surface area contributed by atoms with E-state index in [1.54, 1.807) is 0 Å². The van der Waals surface area contributed by atoms with Gasteiger partial charge in [-0.3, -0.25) is 0 Å².